The van der Waals surface area contributed by atoms with Crippen LogP contribution in [0.15, 0.2) is 51.4 Å². The number of thioether (sulfide) groups is 1. The molecule has 1 fully saturated rings. The number of carbonyl (C=O) groups excluding carboxylic acids is 3. The van der Waals surface area contributed by atoms with Crippen LogP contribution in [-0.4, -0.2) is 98.5 Å². The number of aromatic nitrogens is 4. The molecule has 0 bridgehead atoms. The molecule has 3 aromatic rings. The van der Waals surface area contributed by atoms with E-state index >= 15 is 0 Å². The Morgan fingerprint density at radius 1 is 1.16 bits per heavy atom. The second kappa shape index (κ2) is 16.5. The van der Waals surface area contributed by atoms with Gasteiger partial charge in [-0.2, -0.15) is 4.73 Å². The van der Waals surface area contributed by atoms with E-state index in [-0.39, 0.29) is 58.9 Å². The number of rotatable bonds is 18. The number of ketones is 2. The molecule has 2 atom stereocenters. The minimum atomic E-state index is -1.78. The maximum Gasteiger partial charge on any atom is 0.352 e. The van der Waals surface area contributed by atoms with E-state index in [4.69, 9.17) is 16.3 Å². The number of carbonyl (C=O) groups is 5. The molecule has 1 unspecified atom stereocenters. The Morgan fingerprint density at radius 2 is 1.91 bits per heavy atom. The number of Topliss-reactive ketones (excluding diaryl/α,β-unsaturated/α-hetero) is 2. The highest BCUT2D eigenvalue weighted by Crippen LogP contribution is 2.45. The Morgan fingerprint density at radius 3 is 2.58 bits per heavy atom. The third-order valence-corrected chi connectivity index (χ3v) is 10.7. The van der Waals surface area contributed by atoms with Crippen LogP contribution in [0, 0.1) is 5.92 Å². The lowest BCUT2D eigenvalue weighted by atomic mass is 9.89. The average Bonchev–Trinajstić information content (AvgIpc) is 3.56. The van der Waals surface area contributed by atoms with Gasteiger partial charge >= 0.3 is 11.9 Å². The van der Waals surface area contributed by atoms with Gasteiger partial charge in [0.2, 0.25) is 16.9 Å². The molecule has 0 spiro atoms. The van der Waals surface area contributed by atoms with Gasteiger partial charge in [-0.15, -0.1) is 23.1 Å². The van der Waals surface area contributed by atoms with Crippen molar-refractivity contribution in [3.8, 4) is 5.75 Å². The molecule has 22 heteroatoms. The molecule has 3 aromatic heterocycles. The average molecular weight is 801 g/mol. The van der Waals surface area contributed by atoms with Gasteiger partial charge in [0.05, 0.1) is 17.5 Å². The molecule has 5 rings (SSSR count). The lowest BCUT2D eigenvalue weighted by Crippen LogP contribution is -2.62. The van der Waals surface area contributed by atoms with E-state index in [0.717, 1.165) is 28.5 Å². The third kappa shape index (κ3) is 9.03. The van der Waals surface area contributed by atoms with Gasteiger partial charge in [-0.25, -0.2) is 19.1 Å². The first-order valence-corrected chi connectivity index (χ1v) is 18.6. The Kier molecular flexibility index (Phi) is 12.1. The fourth-order valence-electron chi connectivity index (χ4n) is 5.65. The molecule has 55 heavy (non-hydrogen) atoms. The van der Waals surface area contributed by atoms with E-state index in [9.17, 15) is 49.3 Å². The molecular formula is C33H38N9O11S2+. The Labute approximate surface area is 320 Å². The van der Waals surface area contributed by atoms with E-state index in [2.05, 4.69) is 20.4 Å². The summed E-state index contributed by atoms with van der Waals surface area (Å²) >= 11 is 2.31. The van der Waals surface area contributed by atoms with Crippen LogP contribution in [0.1, 0.15) is 62.1 Å². The topological polar surface area (TPSA) is 307 Å². The van der Waals surface area contributed by atoms with Gasteiger partial charge in [-0.1, -0.05) is 11.6 Å². The third-order valence-electron chi connectivity index (χ3n) is 8.66. The highest BCUT2D eigenvalue weighted by atomic mass is 32.2. The standard InChI is InChI=1S/C33H37N9O11S2/c1-33(2,31(50)51)53-39-25(19-14-55-32(35)38-19)23(45)8-17-28(47)42-26(30(48)49)16(13-54-29(17)42)10-40-11-18(27(34)37-15-40)36-7-5-3-4-6-21(43)20-9-22(44)24(46)12-41(20)52/h9,11-12,14-15,17,29,34,36,52H,3-8,10,13H2,1-2H3,(H5,35,38,46,48,49,50,51)/p+1/b39-25-/t17-,29?/m1/s1. The number of unbranched alkanes of at least 4 members (excludes halogenated alkanes) is 2. The summed E-state index contributed by atoms with van der Waals surface area (Å²) in [6.45, 7) is 3.00. The number of nitrogens with one attached hydrogen (secondary N) is 1. The number of aromatic hydroxyl groups is 1. The fraction of sp³-hybridized carbons (Fsp3) is 0.394. The van der Waals surface area contributed by atoms with Crippen molar-refractivity contribution in [2.45, 2.75) is 63.5 Å². The number of aliphatic carboxylic acids is 2. The van der Waals surface area contributed by atoms with Crippen LogP contribution in [0.5, 0.6) is 5.75 Å². The number of carboxylic acid groups (broad SMARTS) is 2. The number of β-lactam (4-membered cyclic amide) rings is 1. The van der Waals surface area contributed by atoms with Gasteiger partial charge in [0.15, 0.2) is 28.2 Å². The molecule has 292 valence electrons. The Bertz CT molecular complexity index is 2170. The van der Waals surface area contributed by atoms with Crippen molar-refractivity contribution in [1.82, 2.24) is 19.6 Å². The molecule has 0 saturated carbocycles. The zero-order chi connectivity index (χ0) is 40.2. The summed E-state index contributed by atoms with van der Waals surface area (Å²) in [4.78, 5) is 89.6. The predicted octanol–water partition coefficient (Wildman–Crippen LogP) is 1.06. The maximum absolute atomic E-state index is 13.5. The smallest absolute Gasteiger partial charge is 0.352 e. The normalized spacial score (nSPS) is 17.0. The molecular weight excluding hydrogens is 763 g/mol. The van der Waals surface area contributed by atoms with E-state index < -0.39 is 57.5 Å². The Balaban J connectivity index is 1.20. The minimum absolute atomic E-state index is 0.0466. The first-order chi connectivity index (χ1) is 26.0. The van der Waals surface area contributed by atoms with Crippen molar-refractivity contribution in [3.05, 3.63) is 63.0 Å². The van der Waals surface area contributed by atoms with Crippen LogP contribution in [-0.2, 0) is 30.6 Å². The number of nitrogens with two attached hydrogens (primary N) is 2. The lowest BCUT2D eigenvalue weighted by Gasteiger charge is -2.49. The van der Waals surface area contributed by atoms with E-state index in [1.165, 1.54) is 37.3 Å². The van der Waals surface area contributed by atoms with Crippen molar-refractivity contribution >= 4 is 74.9 Å². The number of amides is 1. The summed E-state index contributed by atoms with van der Waals surface area (Å²) in [5.74, 6) is -5.52. The molecule has 2 aliphatic rings. The number of nitrogen functional groups attached to an aromatic ring is 2. The SMILES string of the molecule is CC(C)(O/N=C(\C(=O)C[C@@H]1C(=O)N2C(C(=O)O)=C(C[n+]3cnc(N)c(NCCCCCC(=O)c4cc(=O)c(O)cn4O)c3)CSC12)c1csc(N)n1)C(=O)O. The van der Waals surface area contributed by atoms with Crippen LogP contribution >= 0.6 is 23.1 Å². The van der Waals surface area contributed by atoms with Gasteiger partial charge in [0.1, 0.15) is 35.5 Å². The number of anilines is 3. The van der Waals surface area contributed by atoms with E-state index in [1.54, 1.807) is 10.8 Å². The predicted molar refractivity (Wildman–Crippen MR) is 196 cm³/mol. The summed E-state index contributed by atoms with van der Waals surface area (Å²) < 4.78 is 2.04. The summed E-state index contributed by atoms with van der Waals surface area (Å²) in [5, 5.41) is 46.6. The molecule has 0 aromatic carbocycles. The maximum atomic E-state index is 13.5. The molecule has 1 saturated heterocycles. The second-order valence-corrected chi connectivity index (χ2v) is 15.1. The summed E-state index contributed by atoms with van der Waals surface area (Å²) in [6, 6.07) is 0.876. The summed E-state index contributed by atoms with van der Waals surface area (Å²) in [6.07, 6.45) is 5.24. The lowest BCUT2D eigenvalue weighted by molar-refractivity contribution is -0.691. The van der Waals surface area contributed by atoms with Crippen LogP contribution < -0.4 is 26.8 Å². The van der Waals surface area contributed by atoms with Crippen molar-refractivity contribution < 1.29 is 53.9 Å². The summed E-state index contributed by atoms with van der Waals surface area (Å²) in [5.41, 5.74) is 9.45. The molecule has 9 N–H and O–H groups in total. The van der Waals surface area contributed by atoms with Gasteiger partial charge in [0, 0.05) is 42.2 Å². The number of hydrogen-bond acceptors (Lipinski definition) is 17. The van der Waals surface area contributed by atoms with Crippen molar-refractivity contribution in [1.29, 1.82) is 0 Å². The Hall–Kier alpha value is -6.03. The largest absolute Gasteiger partial charge is 0.503 e. The van der Waals surface area contributed by atoms with Crippen molar-refractivity contribution in [2.75, 3.05) is 29.1 Å². The van der Waals surface area contributed by atoms with Crippen LogP contribution in [0.2, 0.25) is 0 Å². The first kappa shape index (κ1) is 40.2. The molecule has 1 amide bonds. The number of pyridine rings is 1. The quantitative estimate of drug-likeness (QED) is 0.0180. The first-order valence-electron chi connectivity index (χ1n) is 16.7. The van der Waals surface area contributed by atoms with Gasteiger partial charge in [-0.3, -0.25) is 24.1 Å². The zero-order valence-corrected chi connectivity index (χ0v) is 31.1. The summed E-state index contributed by atoms with van der Waals surface area (Å²) in [7, 11) is 0. The second-order valence-electron chi connectivity index (χ2n) is 13.1. The molecule has 0 aliphatic carbocycles. The number of carboxylic acids is 2. The number of fused-ring (bicyclic) bond motifs is 1. The van der Waals surface area contributed by atoms with E-state index in [1.807, 2.05) is 0 Å². The van der Waals surface area contributed by atoms with E-state index in [0.29, 0.717) is 41.8 Å². The fourth-order valence-corrected chi connectivity index (χ4v) is 7.60. The number of nitrogens with zero attached hydrogens (tertiary/aromatic N) is 6. The monoisotopic (exact) mass is 800 g/mol. The van der Waals surface area contributed by atoms with Crippen LogP contribution in [0.3, 0.4) is 0 Å². The van der Waals surface area contributed by atoms with Crippen molar-refractivity contribution in [3.63, 3.8) is 0 Å². The van der Waals surface area contributed by atoms with Crippen LogP contribution in [0.25, 0.3) is 0 Å². The van der Waals surface area contributed by atoms with Crippen LogP contribution in [0.4, 0.5) is 16.6 Å². The molecule has 20 nitrogen and oxygen atoms in total. The van der Waals surface area contributed by atoms with Gasteiger partial charge < -0.3 is 42.1 Å². The van der Waals surface area contributed by atoms with Crippen molar-refractivity contribution in [2.24, 2.45) is 11.1 Å². The number of hydrogen-bond donors (Lipinski definition) is 7. The number of oxime groups is 1. The van der Waals surface area contributed by atoms with Gasteiger partial charge in [0.25, 0.3) is 12.1 Å². The molecule has 0 radical (unpaired) electrons. The highest BCUT2D eigenvalue weighted by molar-refractivity contribution is 8.00. The van der Waals surface area contributed by atoms with Gasteiger partial charge in [-0.05, 0) is 31.7 Å². The highest BCUT2D eigenvalue weighted by Gasteiger charge is 2.54. The molecule has 2 aliphatic heterocycles. The minimum Gasteiger partial charge on any atom is -0.503 e. The number of thiazole rings is 1. The molecule has 5 heterocycles. The zero-order valence-electron chi connectivity index (χ0n) is 29.5.